The lowest BCUT2D eigenvalue weighted by Gasteiger charge is -2.59. The molecule has 4 rings (SSSR count). The van der Waals surface area contributed by atoms with Crippen molar-refractivity contribution in [3.8, 4) is 0 Å². The van der Waals surface area contributed by atoms with Crippen LogP contribution in [0, 0.1) is 34.5 Å². The maximum atomic E-state index is 2.65. The molecule has 6 atom stereocenters. The quantitative estimate of drug-likeness (QED) is 0.497. The Balaban J connectivity index is 1.67. The molecule has 4 aliphatic rings. The van der Waals surface area contributed by atoms with Crippen molar-refractivity contribution in [3.63, 3.8) is 0 Å². The molecule has 3 saturated carbocycles. The predicted octanol–water partition coefficient (Wildman–Crippen LogP) is 5.59. The van der Waals surface area contributed by atoms with E-state index >= 15 is 0 Å². The van der Waals surface area contributed by atoms with Crippen LogP contribution in [0.5, 0.6) is 0 Å². The second-order valence-corrected chi connectivity index (χ2v) is 8.62. The fraction of sp³-hybridized carbons (Fsp3) is 0.895. The number of allylic oxidation sites excluding steroid dienone is 2. The summed E-state index contributed by atoms with van der Waals surface area (Å²) >= 11 is 0. The highest BCUT2D eigenvalue weighted by Gasteiger charge is 2.56. The molecule has 3 fully saturated rings. The minimum absolute atomic E-state index is 0.654. The SMILES string of the molecule is C[C@@]12CCC[C@H]1[C@H]1CCC3C=CCC[C@@]3(C)[C@H]1CC2. The van der Waals surface area contributed by atoms with Crippen molar-refractivity contribution in [2.75, 3.05) is 0 Å². The number of hydrogen-bond acceptors (Lipinski definition) is 0. The van der Waals surface area contributed by atoms with E-state index in [1.807, 2.05) is 0 Å². The second-order valence-electron chi connectivity index (χ2n) is 8.62. The Labute approximate surface area is 119 Å². The molecule has 0 bridgehead atoms. The predicted molar refractivity (Wildman–Crippen MR) is 80.9 cm³/mol. The molecule has 0 aromatic carbocycles. The van der Waals surface area contributed by atoms with E-state index in [0.717, 1.165) is 29.1 Å². The first-order valence-electron chi connectivity index (χ1n) is 8.80. The van der Waals surface area contributed by atoms with Gasteiger partial charge in [-0.2, -0.15) is 0 Å². The number of fused-ring (bicyclic) bond motifs is 5. The van der Waals surface area contributed by atoms with Crippen molar-refractivity contribution in [1.82, 2.24) is 0 Å². The molecule has 0 aromatic rings. The average Bonchev–Trinajstić information content (AvgIpc) is 2.79. The van der Waals surface area contributed by atoms with Crippen molar-refractivity contribution in [1.29, 1.82) is 0 Å². The second kappa shape index (κ2) is 4.12. The molecule has 0 heterocycles. The van der Waals surface area contributed by atoms with Gasteiger partial charge in [-0.05, 0) is 85.9 Å². The van der Waals surface area contributed by atoms with E-state index in [2.05, 4.69) is 26.0 Å². The standard InChI is InChI=1S/C19H30/c1-18-11-5-7-16(18)15-9-8-14-6-3-4-12-19(14,2)17(15)10-13-18/h3,6,14-17H,4-5,7-13H2,1-2H3/t14?,15-,16+,17+,18+,19-/m1/s1. The lowest BCUT2D eigenvalue weighted by Crippen LogP contribution is -2.51. The molecule has 0 aliphatic heterocycles. The zero-order chi connectivity index (χ0) is 13.1. The maximum Gasteiger partial charge on any atom is -0.0177 e. The topological polar surface area (TPSA) is 0 Å². The highest BCUT2D eigenvalue weighted by Crippen LogP contribution is 2.65. The Kier molecular flexibility index (Phi) is 2.71. The molecule has 19 heavy (non-hydrogen) atoms. The molecular formula is C19H30. The summed E-state index contributed by atoms with van der Waals surface area (Å²) in [6, 6.07) is 0. The number of hydrogen-bond donors (Lipinski definition) is 0. The van der Waals surface area contributed by atoms with Gasteiger partial charge in [0.15, 0.2) is 0 Å². The van der Waals surface area contributed by atoms with Gasteiger partial charge in [-0.15, -0.1) is 0 Å². The van der Waals surface area contributed by atoms with Crippen molar-refractivity contribution in [3.05, 3.63) is 12.2 Å². The Morgan fingerprint density at radius 3 is 2.68 bits per heavy atom. The molecule has 0 amide bonds. The van der Waals surface area contributed by atoms with E-state index in [1.54, 1.807) is 12.8 Å². The fourth-order valence-electron chi connectivity index (χ4n) is 6.82. The third kappa shape index (κ3) is 1.64. The average molecular weight is 258 g/mol. The molecule has 0 N–H and O–H groups in total. The van der Waals surface area contributed by atoms with Gasteiger partial charge in [-0.3, -0.25) is 0 Å². The summed E-state index contributed by atoms with van der Waals surface area (Å²) in [5.74, 6) is 4.12. The normalized spacial score (nSPS) is 56.3. The van der Waals surface area contributed by atoms with Gasteiger partial charge in [-0.25, -0.2) is 0 Å². The summed E-state index contributed by atoms with van der Waals surface area (Å²) in [7, 11) is 0. The molecule has 4 aliphatic carbocycles. The minimum atomic E-state index is 0.654. The summed E-state index contributed by atoms with van der Waals surface area (Å²) in [6.07, 6.45) is 18.6. The Hall–Kier alpha value is -0.260. The first-order chi connectivity index (χ1) is 9.13. The van der Waals surface area contributed by atoms with Gasteiger partial charge in [-0.1, -0.05) is 32.4 Å². The van der Waals surface area contributed by atoms with E-state index < -0.39 is 0 Å². The summed E-state index contributed by atoms with van der Waals surface area (Å²) < 4.78 is 0. The van der Waals surface area contributed by atoms with Crippen LogP contribution in [0.1, 0.15) is 71.6 Å². The Morgan fingerprint density at radius 2 is 1.79 bits per heavy atom. The summed E-state index contributed by atoms with van der Waals surface area (Å²) in [6.45, 7) is 5.27. The van der Waals surface area contributed by atoms with Gasteiger partial charge in [0.05, 0.1) is 0 Å². The van der Waals surface area contributed by atoms with E-state index in [9.17, 15) is 0 Å². The van der Waals surface area contributed by atoms with E-state index in [-0.39, 0.29) is 0 Å². The first kappa shape index (κ1) is 12.5. The minimum Gasteiger partial charge on any atom is -0.0882 e. The van der Waals surface area contributed by atoms with Crippen molar-refractivity contribution in [2.24, 2.45) is 34.5 Å². The zero-order valence-corrected chi connectivity index (χ0v) is 12.8. The van der Waals surface area contributed by atoms with Crippen LogP contribution in [0.2, 0.25) is 0 Å². The van der Waals surface area contributed by atoms with Gasteiger partial charge in [0.2, 0.25) is 0 Å². The van der Waals surface area contributed by atoms with Crippen LogP contribution in [-0.4, -0.2) is 0 Å². The van der Waals surface area contributed by atoms with Gasteiger partial charge >= 0.3 is 0 Å². The zero-order valence-electron chi connectivity index (χ0n) is 12.8. The van der Waals surface area contributed by atoms with Crippen molar-refractivity contribution < 1.29 is 0 Å². The van der Waals surface area contributed by atoms with E-state index in [0.29, 0.717) is 5.41 Å². The molecule has 106 valence electrons. The fourth-order valence-corrected chi connectivity index (χ4v) is 6.82. The Morgan fingerprint density at radius 1 is 0.895 bits per heavy atom. The monoisotopic (exact) mass is 258 g/mol. The van der Waals surface area contributed by atoms with Crippen LogP contribution in [0.3, 0.4) is 0 Å². The molecule has 0 saturated heterocycles. The van der Waals surface area contributed by atoms with Crippen molar-refractivity contribution in [2.45, 2.75) is 71.6 Å². The van der Waals surface area contributed by atoms with Crippen LogP contribution < -0.4 is 0 Å². The lowest BCUT2D eigenvalue weighted by atomic mass is 9.46. The smallest absolute Gasteiger partial charge is 0.0177 e. The third-order valence-corrected chi connectivity index (χ3v) is 7.94. The molecule has 0 radical (unpaired) electrons. The number of rotatable bonds is 0. The molecular weight excluding hydrogens is 228 g/mol. The first-order valence-corrected chi connectivity index (χ1v) is 8.80. The summed E-state index contributed by atoms with van der Waals surface area (Å²) in [5.41, 5.74) is 1.39. The van der Waals surface area contributed by atoms with Crippen molar-refractivity contribution >= 4 is 0 Å². The van der Waals surface area contributed by atoms with Crippen LogP contribution in [0.4, 0.5) is 0 Å². The highest BCUT2D eigenvalue weighted by molar-refractivity contribution is 5.12. The summed E-state index contributed by atoms with van der Waals surface area (Å²) in [4.78, 5) is 0. The van der Waals surface area contributed by atoms with Crippen LogP contribution >= 0.6 is 0 Å². The van der Waals surface area contributed by atoms with E-state index in [1.165, 1.54) is 44.9 Å². The largest absolute Gasteiger partial charge is 0.0882 e. The van der Waals surface area contributed by atoms with Gasteiger partial charge in [0.1, 0.15) is 0 Å². The third-order valence-electron chi connectivity index (χ3n) is 7.94. The van der Waals surface area contributed by atoms with Crippen LogP contribution in [0.15, 0.2) is 12.2 Å². The molecule has 0 heteroatoms. The molecule has 0 nitrogen and oxygen atoms in total. The van der Waals surface area contributed by atoms with Gasteiger partial charge < -0.3 is 0 Å². The molecule has 0 aromatic heterocycles. The lowest BCUT2D eigenvalue weighted by molar-refractivity contribution is -0.0808. The van der Waals surface area contributed by atoms with Gasteiger partial charge in [0.25, 0.3) is 0 Å². The molecule has 1 unspecified atom stereocenters. The van der Waals surface area contributed by atoms with Crippen LogP contribution in [0.25, 0.3) is 0 Å². The summed E-state index contributed by atoms with van der Waals surface area (Å²) in [5, 5.41) is 0. The highest BCUT2D eigenvalue weighted by atomic mass is 14.6. The van der Waals surface area contributed by atoms with Gasteiger partial charge in [0, 0.05) is 0 Å². The van der Waals surface area contributed by atoms with Crippen LogP contribution in [-0.2, 0) is 0 Å². The molecule has 0 spiro atoms. The maximum absolute atomic E-state index is 2.65. The Bertz CT molecular complexity index is 395. The van der Waals surface area contributed by atoms with E-state index in [4.69, 9.17) is 0 Å².